The molecule has 140 valence electrons. The van der Waals surface area contributed by atoms with E-state index in [0.717, 1.165) is 49.0 Å². The highest BCUT2D eigenvalue weighted by atomic mass is 32.1. The number of hydrogen-bond donors (Lipinski definition) is 1. The number of thiazole rings is 1. The van der Waals surface area contributed by atoms with Crippen molar-refractivity contribution < 1.29 is 4.79 Å². The molecule has 4 rings (SSSR count). The number of hydrogen-bond acceptors (Lipinski definition) is 5. The highest BCUT2D eigenvalue weighted by Crippen LogP contribution is 2.26. The van der Waals surface area contributed by atoms with Crippen LogP contribution in [0.3, 0.4) is 0 Å². The van der Waals surface area contributed by atoms with Crippen molar-refractivity contribution in [1.82, 2.24) is 20.1 Å². The lowest BCUT2D eigenvalue weighted by Crippen LogP contribution is -2.51. The molecular weight excluding hydrogens is 376 g/mol. The summed E-state index contributed by atoms with van der Waals surface area (Å²) in [6.07, 6.45) is 0. The van der Waals surface area contributed by atoms with Crippen LogP contribution in [0.1, 0.15) is 10.6 Å². The minimum Gasteiger partial charge on any atom is -0.334 e. The number of carbonyl (C=O) groups excluding carboxylic acids is 1. The van der Waals surface area contributed by atoms with E-state index < -0.39 is 0 Å². The van der Waals surface area contributed by atoms with Crippen LogP contribution >= 0.6 is 22.7 Å². The summed E-state index contributed by atoms with van der Waals surface area (Å²) in [5, 5.41) is 8.36. The predicted molar refractivity (Wildman–Crippen MR) is 111 cm³/mol. The quantitative estimate of drug-likeness (QED) is 0.709. The van der Waals surface area contributed by atoms with E-state index >= 15 is 0 Å². The molecule has 27 heavy (non-hydrogen) atoms. The number of thiophene rings is 1. The van der Waals surface area contributed by atoms with Crippen LogP contribution < -0.4 is 5.32 Å². The van der Waals surface area contributed by atoms with Gasteiger partial charge in [-0.15, -0.1) is 22.7 Å². The maximum atomic E-state index is 12.4. The van der Waals surface area contributed by atoms with Gasteiger partial charge in [0, 0.05) is 38.1 Å². The first-order chi connectivity index (χ1) is 13.3. The molecule has 1 aliphatic heterocycles. The summed E-state index contributed by atoms with van der Waals surface area (Å²) >= 11 is 3.44. The number of amides is 2. The normalized spacial score (nSPS) is 15.0. The Hall–Kier alpha value is -2.22. The Morgan fingerprint density at radius 2 is 1.85 bits per heavy atom. The van der Waals surface area contributed by atoms with E-state index in [0.29, 0.717) is 6.54 Å². The van der Waals surface area contributed by atoms with Crippen LogP contribution in [0.4, 0.5) is 4.79 Å². The number of aromatic nitrogens is 1. The van der Waals surface area contributed by atoms with Crippen molar-refractivity contribution in [2.75, 3.05) is 26.2 Å². The van der Waals surface area contributed by atoms with Gasteiger partial charge in [-0.25, -0.2) is 9.78 Å². The van der Waals surface area contributed by atoms with E-state index in [2.05, 4.69) is 33.1 Å². The van der Waals surface area contributed by atoms with Crippen LogP contribution in [0.25, 0.3) is 10.6 Å². The number of carbonyl (C=O) groups is 1. The van der Waals surface area contributed by atoms with Gasteiger partial charge in [-0.2, -0.15) is 0 Å². The molecule has 2 amide bonds. The second-order valence-electron chi connectivity index (χ2n) is 6.51. The summed E-state index contributed by atoms with van der Waals surface area (Å²) in [4.78, 5) is 22.6. The zero-order valence-corrected chi connectivity index (χ0v) is 16.6. The molecule has 1 saturated heterocycles. The van der Waals surface area contributed by atoms with Crippen LogP contribution in [0.2, 0.25) is 0 Å². The third kappa shape index (κ3) is 4.74. The summed E-state index contributed by atoms with van der Waals surface area (Å²) < 4.78 is 0. The lowest BCUT2D eigenvalue weighted by atomic mass is 10.2. The zero-order valence-electron chi connectivity index (χ0n) is 15.0. The van der Waals surface area contributed by atoms with Gasteiger partial charge in [0.05, 0.1) is 17.1 Å². The van der Waals surface area contributed by atoms with Gasteiger partial charge in [0.25, 0.3) is 0 Å². The van der Waals surface area contributed by atoms with Crippen molar-refractivity contribution in [2.24, 2.45) is 0 Å². The van der Waals surface area contributed by atoms with Crippen LogP contribution in [0.15, 0.2) is 53.2 Å². The van der Waals surface area contributed by atoms with Gasteiger partial charge < -0.3 is 10.2 Å². The van der Waals surface area contributed by atoms with Gasteiger partial charge in [-0.3, -0.25) is 4.90 Å². The monoisotopic (exact) mass is 398 g/mol. The Morgan fingerprint density at radius 3 is 2.59 bits per heavy atom. The van der Waals surface area contributed by atoms with E-state index in [1.165, 1.54) is 4.88 Å². The average Bonchev–Trinajstić information content (AvgIpc) is 3.39. The number of rotatable bonds is 5. The van der Waals surface area contributed by atoms with Gasteiger partial charge in [0.1, 0.15) is 5.01 Å². The number of piperazine rings is 1. The van der Waals surface area contributed by atoms with Crippen molar-refractivity contribution in [3.63, 3.8) is 0 Å². The standard InChI is InChI=1S/C20H22N4OS2/c25-20(21-13-16-5-2-1-3-6-16)24-10-8-23(9-11-24)14-19-22-17(15-27-19)18-7-4-12-26-18/h1-7,12,15H,8-11,13-14H2,(H,21,25). The van der Waals surface area contributed by atoms with Gasteiger partial charge in [0.15, 0.2) is 0 Å². The Bertz CT molecular complexity index is 855. The number of urea groups is 1. The first-order valence-corrected chi connectivity index (χ1v) is 10.8. The average molecular weight is 399 g/mol. The summed E-state index contributed by atoms with van der Waals surface area (Å²) in [5.74, 6) is 0. The Morgan fingerprint density at radius 1 is 1.04 bits per heavy atom. The van der Waals surface area contributed by atoms with E-state index in [1.54, 1.807) is 22.7 Å². The number of nitrogens with zero attached hydrogens (tertiary/aromatic N) is 3. The fourth-order valence-corrected chi connectivity index (χ4v) is 4.70. The van der Waals surface area contributed by atoms with Crippen LogP contribution in [-0.2, 0) is 13.1 Å². The lowest BCUT2D eigenvalue weighted by Gasteiger charge is -2.34. The smallest absolute Gasteiger partial charge is 0.317 e. The molecule has 0 radical (unpaired) electrons. The highest BCUT2D eigenvalue weighted by Gasteiger charge is 2.21. The molecule has 0 spiro atoms. The Labute approximate surface area is 167 Å². The minimum absolute atomic E-state index is 0.0210. The molecule has 2 aromatic heterocycles. The van der Waals surface area contributed by atoms with Crippen LogP contribution in [0.5, 0.6) is 0 Å². The molecule has 1 aliphatic rings. The molecule has 1 N–H and O–H groups in total. The zero-order chi connectivity index (χ0) is 18.5. The van der Waals surface area contributed by atoms with Crippen molar-refractivity contribution in [2.45, 2.75) is 13.1 Å². The van der Waals surface area contributed by atoms with Crippen LogP contribution in [-0.4, -0.2) is 47.0 Å². The predicted octanol–water partition coefficient (Wildman–Crippen LogP) is 3.90. The third-order valence-corrected chi connectivity index (χ3v) is 6.36. The Kier molecular flexibility index (Phi) is 5.81. The minimum atomic E-state index is 0.0210. The molecule has 5 nitrogen and oxygen atoms in total. The fourth-order valence-electron chi connectivity index (χ4n) is 3.11. The molecule has 0 aliphatic carbocycles. The maximum Gasteiger partial charge on any atom is 0.317 e. The second-order valence-corrected chi connectivity index (χ2v) is 8.40. The van der Waals surface area contributed by atoms with Crippen LogP contribution in [0, 0.1) is 0 Å². The van der Waals surface area contributed by atoms with Crippen molar-refractivity contribution in [3.05, 3.63) is 63.8 Å². The summed E-state index contributed by atoms with van der Waals surface area (Å²) in [7, 11) is 0. The van der Waals surface area contributed by atoms with Crippen molar-refractivity contribution >= 4 is 28.7 Å². The molecule has 0 atom stereocenters. The first-order valence-electron chi connectivity index (χ1n) is 9.05. The molecular formula is C20H22N4OS2. The number of benzene rings is 1. The van der Waals surface area contributed by atoms with Crippen molar-refractivity contribution in [3.8, 4) is 10.6 Å². The summed E-state index contributed by atoms with van der Waals surface area (Å²) in [5.41, 5.74) is 2.19. The van der Waals surface area contributed by atoms with E-state index in [4.69, 9.17) is 4.98 Å². The first kappa shape index (κ1) is 18.2. The molecule has 0 unspecified atom stereocenters. The molecule has 1 aromatic carbocycles. The van der Waals surface area contributed by atoms with Gasteiger partial charge in [-0.1, -0.05) is 36.4 Å². The number of nitrogens with one attached hydrogen (secondary N) is 1. The largest absolute Gasteiger partial charge is 0.334 e. The van der Waals surface area contributed by atoms with Gasteiger partial charge in [0.2, 0.25) is 0 Å². The molecule has 0 saturated carbocycles. The summed E-state index contributed by atoms with van der Waals surface area (Å²) in [6, 6.07) is 14.2. The third-order valence-electron chi connectivity index (χ3n) is 4.63. The SMILES string of the molecule is O=C(NCc1ccccc1)N1CCN(Cc2nc(-c3cccs3)cs2)CC1. The van der Waals surface area contributed by atoms with E-state index in [9.17, 15) is 4.79 Å². The Balaban J connectivity index is 1.23. The molecule has 3 heterocycles. The summed E-state index contributed by atoms with van der Waals surface area (Å²) in [6.45, 7) is 4.70. The molecule has 7 heteroatoms. The van der Waals surface area contributed by atoms with Crippen molar-refractivity contribution in [1.29, 1.82) is 0 Å². The van der Waals surface area contributed by atoms with E-state index in [-0.39, 0.29) is 6.03 Å². The van der Waals surface area contributed by atoms with E-state index in [1.807, 2.05) is 35.2 Å². The lowest BCUT2D eigenvalue weighted by molar-refractivity contribution is 0.135. The maximum absolute atomic E-state index is 12.4. The topological polar surface area (TPSA) is 48.5 Å². The highest BCUT2D eigenvalue weighted by molar-refractivity contribution is 7.14. The fraction of sp³-hybridized carbons (Fsp3) is 0.300. The molecule has 1 fully saturated rings. The van der Waals surface area contributed by atoms with Gasteiger partial charge in [-0.05, 0) is 17.0 Å². The molecule has 0 bridgehead atoms. The second kappa shape index (κ2) is 8.65. The van der Waals surface area contributed by atoms with Gasteiger partial charge >= 0.3 is 6.03 Å². The molecule has 3 aromatic rings.